The number of carbonyl (C=O) groups excluding carboxylic acids is 2. The zero-order valence-corrected chi connectivity index (χ0v) is 14.7. The van der Waals surface area contributed by atoms with Crippen molar-refractivity contribution >= 4 is 33.2 Å². The van der Waals surface area contributed by atoms with E-state index in [1.165, 1.54) is 19.2 Å². The van der Waals surface area contributed by atoms with Gasteiger partial charge in [-0.15, -0.1) is 11.3 Å². The lowest BCUT2D eigenvalue weighted by molar-refractivity contribution is 0.0943. The highest BCUT2D eigenvalue weighted by molar-refractivity contribution is 7.21. The summed E-state index contributed by atoms with van der Waals surface area (Å²) >= 11 is 1.56. The van der Waals surface area contributed by atoms with Gasteiger partial charge in [0.25, 0.3) is 5.91 Å². The third kappa shape index (κ3) is 3.16. The fourth-order valence-electron chi connectivity index (χ4n) is 2.56. The van der Waals surface area contributed by atoms with Crippen LogP contribution in [0.25, 0.3) is 21.0 Å². The van der Waals surface area contributed by atoms with Crippen LogP contribution in [0, 0.1) is 0 Å². The van der Waals surface area contributed by atoms with Crippen LogP contribution in [0.3, 0.4) is 0 Å². The molecule has 0 aliphatic carbocycles. The molecule has 0 radical (unpaired) electrons. The lowest BCUT2D eigenvalue weighted by atomic mass is 10.2. The van der Waals surface area contributed by atoms with E-state index in [2.05, 4.69) is 15.3 Å². The van der Waals surface area contributed by atoms with Gasteiger partial charge >= 0.3 is 0 Å². The van der Waals surface area contributed by atoms with Gasteiger partial charge in [0, 0.05) is 11.8 Å². The summed E-state index contributed by atoms with van der Waals surface area (Å²) in [6.07, 6.45) is 1.52. The number of carbonyl (C=O) groups is 2. The number of benzene rings is 1. The molecule has 0 saturated carbocycles. The fourth-order valence-corrected chi connectivity index (χ4v) is 3.48. The first-order valence-electron chi connectivity index (χ1n) is 8.02. The summed E-state index contributed by atoms with van der Waals surface area (Å²) in [4.78, 5) is 30.8. The number of Topliss-reactive ketones (excluding diaryl/α,β-unsaturated/α-hetero) is 1. The number of rotatable bonds is 5. The van der Waals surface area contributed by atoms with Crippen molar-refractivity contribution in [3.8, 4) is 10.8 Å². The van der Waals surface area contributed by atoms with E-state index < -0.39 is 0 Å². The van der Waals surface area contributed by atoms with Crippen molar-refractivity contribution in [3.63, 3.8) is 0 Å². The van der Waals surface area contributed by atoms with Gasteiger partial charge in [-0.2, -0.15) is 0 Å². The highest BCUT2D eigenvalue weighted by Crippen LogP contribution is 2.31. The molecule has 2 N–H and O–H groups in total. The largest absolute Gasteiger partial charge is 0.457 e. The Morgan fingerprint density at radius 3 is 2.85 bits per heavy atom. The Morgan fingerprint density at radius 2 is 2.08 bits per heavy atom. The number of hydrogen-bond donors (Lipinski definition) is 2. The molecule has 0 bridgehead atoms. The number of aromatic nitrogens is 2. The Kier molecular flexibility index (Phi) is 4.14. The second kappa shape index (κ2) is 6.61. The number of para-hydroxylation sites is 1. The van der Waals surface area contributed by atoms with E-state index in [1.807, 2.05) is 36.4 Å². The molecule has 130 valence electrons. The third-order valence-corrected chi connectivity index (χ3v) is 4.97. The number of thiazole rings is 1. The number of nitrogens with zero attached hydrogens (tertiary/aromatic N) is 1. The lowest BCUT2D eigenvalue weighted by Gasteiger charge is -2.00. The summed E-state index contributed by atoms with van der Waals surface area (Å²) in [6, 6.07) is 13.1. The maximum atomic E-state index is 12.1. The van der Waals surface area contributed by atoms with Crippen molar-refractivity contribution in [3.05, 3.63) is 65.7 Å². The minimum Gasteiger partial charge on any atom is -0.457 e. The van der Waals surface area contributed by atoms with Gasteiger partial charge < -0.3 is 14.7 Å². The Labute approximate surface area is 152 Å². The SMILES string of the molecule is CC(=O)c1c[nH]c(C(=O)NCc2ccc(-c3nc4ccccc4s3)o2)c1. The van der Waals surface area contributed by atoms with Gasteiger partial charge in [0.2, 0.25) is 0 Å². The molecule has 3 heterocycles. The summed E-state index contributed by atoms with van der Waals surface area (Å²) in [5, 5.41) is 3.57. The number of hydrogen-bond acceptors (Lipinski definition) is 5. The first-order chi connectivity index (χ1) is 12.6. The van der Waals surface area contributed by atoms with Crippen LogP contribution in [-0.4, -0.2) is 21.7 Å². The van der Waals surface area contributed by atoms with Crippen molar-refractivity contribution < 1.29 is 14.0 Å². The molecule has 0 fully saturated rings. The van der Waals surface area contributed by atoms with Crippen molar-refractivity contribution in [1.82, 2.24) is 15.3 Å². The molecule has 4 aromatic rings. The van der Waals surface area contributed by atoms with Crippen LogP contribution in [0.4, 0.5) is 0 Å². The van der Waals surface area contributed by atoms with E-state index in [9.17, 15) is 9.59 Å². The zero-order valence-electron chi connectivity index (χ0n) is 13.9. The third-order valence-electron chi connectivity index (χ3n) is 3.92. The molecule has 1 amide bonds. The lowest BCUT2D eigenvalue weighted by Crippen LogP contribution is -2.22. The van der Waals surface area contributed by atoms with E-state index in [-0.39, 0.29) is 18.2 Å². The van der Waals surface area contributed by atoms with Gasteiger partial charge in [0.05, 0.1) is 16.8 Å². The van der Waals surface area contributed by atoms with Gasteiger partial charge in [0.1, 0.15) is 11.5 Å². The van der Waals surface area contributed by atoms with Crippen LogP contribution in [0.5, 0.6) is 0 Å². The van der Waals surface area contributed by atoms with Gasteiger partial charge in [-0.1, -0.05) is 12.1 Å². The molecule has 0 atom stereocenters. The molecule has 1 aromatic carbocycles. The summed E-state index contributed by atoms with van der Waals surface area (Å²) in [5.74, 6) is 0.919. The summed E-state index contributed by atoms with van der Waals surface area (Å²) < 4.78 is 6.90. The summed E-state index contributed by atoms with van der Waals surface area (Å²) in [6.45, 7) is 1.70. The summed E-state index contributed by atoms with van der Waals surface area (Å²) in [7, 11) is 0. The van der Waals surface area contributed by atoms with Crippen LogP contribution < -0.4 is 5.32 Å². The second-order valence-electron chi connectivity index (χ2n) is 5.79. The smallest absolute Gasteiger partial charge is 0.268 e. The number of aromatic amines is 1. The Balaban J connectivity index is 1.44. The average molecular weight is 365 g/mol. The number of amides is 1. The van der Waals surface area contributed by atoms with Crippen molar-refractivity contribution in [2.75, 3.05) is 0 Å². The predicted molar refractivity (Wildman–Crippen MR) is 99.3 cm³/mol. The van der Waals surface area contributed by atoms with E-state index in [1.54, 1.807) is 11.3 Å². The Bertz CT molecular complexity index is 1070. The molecule has 0 aliphatic heterocycles. The maximum absolute atomic E-state index is 12.1. The number of H-pyrrole nitrogens is 1. The summed E-state index contributed by atoms with van der Waals surface area (Å²) in [5.41, 5.74) is 1.76. The second-order valence-corrected chi connectivity index (χ2v) is 6.82. The Hall–Kier alpha value is -3.19. The fraction of sp³-hybridized carbons (Fsp3) is 0.105. The Morgan fingerprint density at radius 1 is 1.23 bits per heavy atom. The van der Waals surface area contributed by atoms with Crippen LogP contribution >= 0.6 is 11.3 Å². The van der Waals surface area contributed by atoms with Crippen LogP contribution in [0.1, 0.15) is 33.5 Å². The van der Waals surface area contributed by atoms with E-state index in [0.717, 1.165) is 15.2 Å². The van der Waals surface area contributed by atoms with Gasteiger partial charge in [-0.05, 0) is 37.3 Å². The highest BCUT2D eigenvalue weighted by atomic mass is 32.1. The van der Waals surface area contributed by atoms with Crippen molar-refractivity contribution in [2.24, 2.45) is 0 Å². The minimum atomic E-state index is -0.296. The number of nitrogens with one attached hydrogen (secondary N) is 2. The van der Waals surface area contributed by atoms with Gasteiger partial charge in [0.15, 0.2) is 16.6 Å². The van der Waals surface area contributed by atoms with Gasteiger partial charge in [-0.25, -0.2) is 4.98 Å². The topological polar surface area (TPSA) is 88.0 Å². The van der Waals surface area contributed by atoms with Crippen molar-refractivity contribution in [2.45, 2.75) is 13.5 Å². The molecule has 0 saturated heterocycles. The normalized spacial score (nSPS) is 11.0. The number of fused-ring (bicyclic) bond motifs is 1. The van der Waals surface area contributed by atoms with Gasteiger partial charge in [-0.3, -0.25) is 9.59 Å². The number of ketones is 1. The average Bonchev–Trinajstić information content (AvgIpc) is 3.37. The van der Waals surface area contributed by atoms with E-state index >= 15 is 0 Å². The first-order valence-corrected chi connectivity index (χ1v) is 8.84. The maximum Gasteiger partial charge on any atom is 0.268 e. The minimum absolute atomic E-state index is 0.0909. The van der Waals surface area contributed by atoms with E-state index in [4.69, 9.17) is 4.42 Å². The molecule has 4 rings (SSSR count). The predicted octanol–water partition coefficient (Wildman–Crippen LogP) is 4.02. The molecule has 0 aliphatic rings. The van der Waals surface area contributed by atoms with Crippen LogP contribution in [-0.2, 0) is 6.54 Å². The molecule has 6 nitrogen and oxygen atoms in total. The monoisotopic (exact) mass is 365 g/mol. The van der Waals surface area contributed by atoms with E-state index in [0.29, 0.717) is 22.8 Å². The number of furan rings is 1. The highest BCUT2D eigenvalue weighted by Gasteiger charge is 2.13. The standard InChI is InChI=1S/C19H15N3O3S/c1-11(23)12-8-15(20-9-12)18(24)21-10-13-6-7-16(25-13)19-22-14-4-2-3-5-17(14)26-19/h2-9,20H,10H2,1H3,(H,21,24). The molecule has 0 unspecified atom stereocenters. The molecular formula is C19H15N3O3S. The quantitative estimate of drug-likeness (QED) is 0.523. The van der Waals surface area contributed by atoms with Crippen LogP contribution in [0.15, 0.2) is 53.1 Å². The first kappa shape index (κ1) is 16.3. The molecular weight excluding hydrogens is 350 g/mol. The van der Waals surface area contributed by atoms with Crippen LogP contribution in [0.2, 0.25) is 0 Å². The molecule has 3 aromatic heterocycles. The molecule has 7 heteroatoms. The molecule has 26 heavy (non-hydrogen) atoms. The molecule has 0 spiro atoms. The zero-order chi connectivity index (χ0) is 18.1. The van der Waals surface area contributed by atoms with Crippen molar-refractivity contribution in [1.29, 1.82) is 0 Å².